The Labute approximate surface area is 134 Å². The zero-order valence-corrected chi connectivity index (χ0v) is 13.0. The standard InChI is InChI=1S/C17H19NO5/c1-11(22-12-7-3-2-4-8-12)17(21)23-18-15(19)13-9-5-6-10-14(13)16(18)20/h5-6,9-12H,2-4,7-8H2,1H3. The van der Waals surface area contributed by atoms with Crippen LogP contribution in [-0.4, -0.2) is 35.1 Å². The van der Waals surface area contributed by atoms with Crippen molar-refractivity contribution in [1.82, 2.24) is 5.06 Å². The van der Waals surface area contributed by atoms with Crippen molar-refractivity contribution in [3.63, 3.8) is 0 Å². The summed E-state index contributed by atoms with van der Waals surface area (Å²) in [6, 6.07) is 6.38. The number of hydrogen-bond donors (Lipinski definition) is 0. The lowest BCUT2D eigenvalue weighted by Gasteiger charge is -2.25. The minimum absolute atomic E-state index is 0.0356. The smallest absolute Gasteiger partial charge is 0.361 e. The largest absolute Gasteiger partial charge is 0.363 e. The number of hydroxylamine groups is 2. The highest BCUT2D eigenvalue weighted by molar-refractivity contribution is 6.20. The maximum Gasteiger partial charge on any atom is 0.361 e. The Morgan fingerprint density at radius 3 is 2.22 bits per heavy atom. The topological polar surface area (TPSA) is 72.9 Å². The van der Waals surface area contributed by atoms with Gasteiger partial charge in [-0.25, -0.2) is 4.79 Å². The number of benzene rings is 1. The summed E-state index contributed by atoms with van der Waals surface area (Å²) in [5, 5.41) is 0.522. The van der Waals surface area contributed by atoms with Crippen LogP contribution in [0.15, 0.2) is 24.3 Å². The number of imide groups is 1. The van der Waals surface area contributed by atoms with Crippen molar-refractivity contribution < 1.29 is 24.0 Å². The van der Waals surface area contributed by atoms with E-state index in [4.69, 9.17) is 9.57 Å². The number of carbonyl (C=O) groups excluding carboxylic acids is 3. The minimum Gasteiger partial charge on any atom is -0.363 e. The zero-order valence-electron chi connectivity index (χ0n) is 13.0. The highest BCUT2D eigenvalue weighted by atomic mass is 16.7. The number of carbonyl (C=O) groups is 3. The Morgan fingerprint density at radius 1 is 1.09 bits per heavy atom. The fourth-order valence-electron chi connectivity index (χ4n) is 2.96. The van der Waals surface area contributed by atoms with E-state index in [-0.39, 0.29) is 17.2 Å². The summed E-state index contributed by atoms with van der Waals surface area (Å²) in [7, 11) is 0. The second-order valence-corrected chi connectivity index (χ2v) is 5.90. The molecule has 6 nitrogen and oxygen atoms in total. The zero-order chi connectivity index (χ0) is 16.4. The van der Waals surface area contributed by atoms with E-state index in [1.165, 1.54) is 18.6 Å². The first-order chi connectivity index (χ1) is 11.1. The first-order valence-electron chi connectivity index (χ1n) is 7.93. The lowest BCUT2D eigenvalue weighted by molar-refractivity contribution is -0.184. The predicted octanol–water partition coefficient (Wildman–Crippen LogP) is 2.48. The van der Waals surface area contributed by atoms with Crippen LogP contribution < -0.4 is 0 Å². The molecule has 122 valence electrons. The SMILES string of the molecule is CC(OC1CCCCC1)C(=O)ON1C(=O)c2ccccc2C1=O. The van der Waals surface area contributed by atoms with Crippen LogP contribution in [0.2, 0.25) is 0 Å². The highest BCUT2D eigenvalue weighted by Crippen LogP contribution is 2.24. The van der Waals surface area contributed by atoms with Crippen molar-refractivity contribution in [1.29, 1.82) is 0 Å². The molecular formula is C17H19NO5. The number of fused-ring (bicyclic) bond motifs is 1. The van der Waals surface area contributed by atoms with Crippen LogP contribution >= 0.6 is 0 Å². The summed E-state index contributed by atoms with van der Waals surface area (Å²) < 4.78 is 5.69. The Balaban J connectivity index is 1.62. The van der Waals surface area contributed by atoms with Gasteiger partial charge in [-0.2, -0.15) is 0 Å². The van der Waals surface area contributed by atoms with Crippen LogP contribution in [0.5, 0.6) is 0 Å². The third-order valence-electron chi connectivity index (χ3n) is 4.22. The molecule has 1 aromatic carbocycles. The molecule has 1 aliphatic carbocycles. The van der Waals surface area contributed by atoms with E-state index in [9.17, 15) is 14.4 Å². The van der Waals surface area contributed by atoms with Gasteiger partial charge in [-0.3, -0.25) is 9.59 Å². The third-order valence-corrected chi connectivity index (χ3v) is 4.22. The monoisotopic (exact) mass is 317 g/mol. The summed E-state index contributed by atoms with van der Waals surface area (Å²) in [4.78, 5) is 41.4. The van der Waals surface area contributed by atoms with Gasteiger partial charge in [0, 0.05) is 0 Å². The number of nitrogens with zero attached hydrogens (tertiary/aromatic N) is 1. The molecule has 0 bridgehead atoms. The molecule has 1 heterocycles. The minimum atomic E-state index is -0.817. The van der Waals surface area contributed by atoms with Crippen molar-refractivity contribution >= 4 is 17.8 Å². The average molecular weight is 317 g/mol. The molecule has 0 spiro atoms. The van der Waals surface area contributed by atoms with Crippen LogP contribution in [0.3, 0.4) is 0 Å². The average Bonchev–Trinajstić information content (AvgIpc) is 2.81. The van der Waals surface area contributed by atoms with Gasteiger partial charge in [0.05, 0.1) is 17.2 Å². The van der Waals surface area contributed by atoms with Crippen molar-refractivity contribution in [3.8, 4) is 0 Å². The molecule has 6 heteroatoms. The molecule has 2 aliphatic rings. The van der Waals surface area contributed by atoms with Crippen LogP contribution in [0.4, 0.5) is 0 Å². The molecule has 1 fully saturated rings. The summed E-state index contributed by atoms with van der Waals surface area (Å²) in [5.74, 6) is -1.97. The lowest BCUT2D eigenvalue weighted by Crippen LogP contribution is -2.38. The quantitative estimate of drug-likeness (QED) is 0.798. The third kappa shape index (κ3) is 3.12. The summed E-state index contributed by atoms with van der Waals surface area (Å²) >= 11 is 0. The summed E-state index contributed by atoms with van der Waals surface area (Å²) in [6.07, 6.45) is 4.43. The Kier molecular flexibility index (Phi) is 4.43. The van der Waals surface area contributed by atoms with Gasteiger partial charge in [0.25, 0.3) is 11.8 Å². The van der Waals surface area contributed by atoms with E-state index >= 15 is 0 Å². The van der Waals surface area contributed by atoms with Crippen LogP contribution in [-0.2, 0) is 14.4 Å². The van der Waals surface area contributed by atoms with Gasteiger partial charge < -0.3 is 9.57 Å². The second-order valence-electron chi connectivity index (χ2n) is 5.90. The first-order valence-corrected chi connectivity index (χ1v) is 7.93. The van der Waals surface area contributed by atoms with Gasteiger partial charge in [-0.1, -0.05) is 36.5 Å². The van der Waals surface area contributed by atoms with Gasteiger partial charge in [-0.15, -0.1) is 0 Å². The van der Waals surface area contributed by atoms with Crippen molar-refractivity contribution in [2.75, 3.05) is 0 Å². The van der Waals surface area contributed by atoms with Gasteiger partial charge in [-0.05, 0) is 31.9 Å². The van der Waals surface area contributed by atoms with E-state index in [2.05, 4.69) is 0 Å². The van der Waals surface area contributed by atoms with Crippen LogP contribution in [0.25, 0.3) is 0 Å². The molecule has 0 aromatic heterocycles. The van der Waals surface area contributed by atoms with Crippen molar-refractivity contribution in [2.45, 2.75) is 51.2 Å². The van der Waals surface area contributed by atoms with E-state index in [0.29, 0.717) is 5.06 Å². The van der Waals surface area contributed by atoms with Gasteiger partial charge in [0.1, 0.15) is 0 Å². The maximum atomic E-state index is 12.1. The Hall–Kier alpha value is -2.21. The first kappa shape index (κ1) is 15.7. The van der Waals surface area contributed by atoms with E-state index in [1.807, 2.05) is 0 Å². The molecular weight excluding hydrogens is 298 g/mol. The Bertz CT molecular complexity index is 601. The van der Waals surface area contributed by atoms with Crippen LogP contribution in [0, 0.1) is 0 Å². The summed E-state index contributed by atoms with van der Waals surface area (Å²) in [6.45, 7) is 1.58. The number of rotatable bonds is 4. The molecule has 1 aromatic rings. The molecule has 0 N–H and O–H groups in total. The molecule has 23 heavy (non-hydrogen) atoms. The molecule has 0 saturated heterocycles. The van der Waals surface area contributed by atoms with Crippen LogP contribution in [0.1, 0.15) is 59.7 Å². The molecule has 0 radical (unpaired) electrons. The molecule has 1 atom stereocenters. The van der Waals surface area contributed by atoms with E-state index < -0.39 is 23.9 Å². The molecule has 1 unspecified atom stereocenters. The van der Waals surface area contributed by atoms with E-state index in [0.717, 1.165) is 25.7 Å². The molecule has 3 rings (SSSR count). The molecule has 1 saturated carbocycles. The number of amides is 2. The molecule has 2 amide bonds. The number of hydrogen-bond acceptors (Lipinski definition) is 5. The second kappa shape index (κ2) is 6.50. The molecule has 1 aliphatic heterocycles. The maximum absolute atomic E-state index is 12.1. The highest BCUT2D eigenvalue weighted by Gasteiger charge is 2.39. The summed E-state index contributed by atoms with van der Waals surface area (Å²) in [5.41, 5.74) is 0.484. The van der Waals surface area contributed by atoms with Gasteiger partial charge >= 0.3 is 5.97 Å². The van der Waals surface area contributed by atoms with E-state index in [1.54, 1.807) is 19.1 Å². The van der Waals surface area contributed by atoms with Gasteiger partial charge in [0.15, 0.2) is 6.10 Å². The normalized spacial score (nSPS) is 19.6. The number of ether oxygens (including phenoxy) is 1. The fourth-order valence-corrected chi connectivity index (χ4v) is 2.96. The Morgan fingerprint density at radius 2 is 1.65 bits per heavy atom. The predicted molar refractivity (Wildman–Crippen MR) is 80.5 cm³/mol. The van der Waals surface area contributed by atoms with Gasteiger partial charge in [0.2, 0.25) is 0 Å². The van der Waals surface area contributed by atoms with Crippen molar-refractivity contribution in [2.24, 2.45) is 0 Å². The van der Waals surface area contributed by atoms with Crippen molar-refractivity contribution in [3.05, 3.63) is 35.4 Å². The fraction of sp³-hybridized carbons (Fsp3) is 0.471. The lowest BCUT2D eigenvalue weighted by atomic mass is 9.98.